The monoisotopic (exact) mass is 263 g/mol. The van der Waals surface area contributed by atoms with E-state index in [0.717, 1.165) is 62.9 Å². The number of nitrogens with zero attached hydrogens (tertiary/aromatic N) is 4. The lowest BCUT2D eigenvalue weighted by atomic mass is 10.3. The van der Waals surface area contributed by atoms with Gasteiger partial charge in [0.1, 0.15) is 5.82 Å². The molecule has 1 aromatic rings. The van der Waals surface area contributed by atoms with E-state index in [0.29, 0.717) is 0 Å². The SMILES string of the molecule is Cc1cnc(C)c(N2CCCN(CCCN)CC2)n1. The minimum Gasteiger partial charge on any atom is -0.354 e. The number of anilines is 1. The van der Waals surface area contributed by atoms with Crippen LogP contribution in [0.2, 0.25) is 0 Å². The van der Waals surface area contributed by atoms with Gasteiger partial charge in [0, 0.05) is 25.8 Å². The van der Waals surface area contributed by atoms with Crippen LogP contribution < -0.4 is 10.6 Å². The zero-order chi connectivity index (χ0) is 13.7. The van der Waals surface area contributed by atoms with E-state index >= 15 is 0 Å². The van der Waals surface area contributed by atoms with Crippen LogP contribution in [-0.4, -0.2) is 54.1 Å². The summed E-state index contributed by atoms with van der Waals surface area (Å²) in [7, 11) is 0. The molecular formula is C14H25N5. The Morgan fingerprint density at radius 2 is 2.05 bits per heavy atom. The van der Waals surface area contributed by atoms with Crippen LogP contribution in [0.25, 0.3) is 0 Å². The van der Waals surface area contributed by atoms with Crippen molar-refractivity contribution in [1.82, 2.24) is 14.9 Å². The molecule has 1 aliphatic rings. The van der Waals surface area contributed by atoms with E-state index in [4.69, 9.17) is 5.73 Å². The highest BCUT2D eigenvalue weighted by atomic mass is 15.3. The highest BCUT2D eigenvalue weighted by Crippen LogP contribution is 2.17. The summed E-state index contributed by atoms with van der Waals surface area (Å²) in [5.41, 5.74) is 7.60. The number of rotatable bonds is 4. The van der Waals surface area contributed by atoms with Gasteiger partial charge in [0.15, 0.2) is 0 Å². The van der Waals surface area contributed by atoms with E-state index in [1.54, 1.807) is 0 Å². The zero-order valence-electron chi connectivity index (χ0n) is 12.1. The van der Waals surface area contributed by atoms with Crippen molar-refractivity contribution in [2.24, 2.45) is 5.73 Å². The fraction of sp³-hybridized carbons (Fsp3) is 0.714. The quantitative estimate of drug-likeness (QED) is 0.876. The molecule has 2 heterocycles. The summed E-state index contributed by atoms with van der Waals surface area (Å²) in [6.45, 7) is 10.3. The van der Waals surface area contributed by atoms with Gasteiger partial charge in [-0.1, -0.05) is 0 Å². The molecule has 19 heavy (non-hydrogen) atoms. The Morgan fingerprint density at radius 3 is 2.84 bits per heavy atom. The van der Waals surface area contributed by atoms with Crippen molar-refractivity contribution in [2.45, 2.75) is 26.7 Å². The van der Waals surface area contributed by atoms with Crippen molar-refractivity contribution in [3.63, 3.8) is 0 Å². The summed E-state index contributed by atoms with van der Waals surface area (Å²) in [4.78, 5) is 13.9. The van der Waals surface area contributed by atoms with Gasteiger partial charge in [0.05, 0.1) is 11.4 Å². The lowest BCUT2D eigenvalue weighted by molar-refractivity contribution is 0.291. The molecule has 1 saturated heterocycles. The zero-order valence-corrected chi connectivity index (χ0v) is 12.1. The molecule has 0 bridgehead atoms. The van der Waals surface area contributed by atoms with Gasteiger partial charge in [-0.2, -0.15) is 0 Å². The molecule has 5 heteroatoms. The van der Waals surface area contributed by atoms with Crippen LogP contribution in [0.15, 0.2) is 6.20 Å². The van der Waals surface area contributed by atoms with E-state index in [-0.39, 0.29) is 0 Å². The van der Waals surface area contributed by atoms with Crippen molar-refractivity contribution in [2.75, 3.05) is 44.2 Å². The van der Waals surface area contributed by atoms with Gasteiger partial charge in [-0.3, -0.25) is 4.98 Å². The third-order valence-electron chi connectivity index (χ3n) is 3.62. The Balaban J connectivity index is 2.00. The Kier molecular flexibility index (Phi) is 5.10. The fourth-order valence-electron chi connectivity index (χ4n) is 2.55. The van der Waals surface area contributed by atoms with Gasteiger partial charge >= 0.3 is 0 Å². The topological polar surface area (TPSA) is 58.3 Å². The van der Waals surface area contributed by atoms with Crippen LogP contribution in [0.5, 0.6) is 0 Å². The van der Waals surface area contributed by atoms with Gasteiger partial charge in [-0.05, 0) is 46.3 Å². The smallest absolute Gasteiger partial charge is 0.150 e. The third-order valence-corrected chi connectivity index (χ3v) is 3.62. The Labute approximate surface area is 115 Å². The van der Waals surface area contributed by atoms with E-state index in [9.17, 15) is 0 Å². The van der Waals surface area contributed by atoms with Gasteiger partial charge in [0.25, 0.3) is 0 Å². The maximum Gasteiger partial charge on any atom is 0.150 e. The maximum absolute atomic E-state index is 5.58. The van der Waals surface area contributed by atoms with Gasteiger partial charge < -0.3 is 15.5 Å². The van der Waals surface area contributed by atoms with Crippen LogP contribution in [-0.2, 0) is 0 Å². The molecule has 0 radical (unpaired) electrons. The summed E-state index contributed by atoms with van der Waals surface area (Å²) < 4.78 is 0. The van der Waals surface area contributed by atoms with Crippen molar-refractivity contribution >= 4 is 5.82 Å². The second-order valence-electron chi connectivity index (χ2n) is 5.24. The summed E-state index contributed by atoms with van der Waals surface area (Å²) in [5, 5.41) is 0. The lowest BCUT2D eigenvalue weighted by Gasteiger charge is -2.23. The molecule has 1 fully saturated rings. The Morgan fingerprint density at radius 1 is 1.21 bits per heavy atom. The van der Waals surface area contributed by atoms with E-state index in [1.165, 1.54) is 6.42 Å². The highest BCUT2D eigenvalue weighted by molar-refractivity contribution is 5.43. The second kappa shape index (κ2) is 6.82. The van der Waals surface area contributed by atoms with E-state index in [1.807, 2.05) is 20.0 Å². The molecule has 1 aliphatic heterocycles. The summed E-state index contributed by atoms with van der Waals surface area (Å²) in [5.74, 6) is 1.06. The summed E-state index contributed by atoms with van der Waals surface area (Å²) in [6, 6.07) is 0. The van der Waals surface area contributed by atoms with Crippen LogP contribution in [0.4, 0.5) is 5.82 Å². The first-order chi connectivity index (χ1) is 9.20. The van der Waals surface area contributed by atoms with Crippen LogP contribution in [0.1, 0.15) is 24.2 Å². The lowest BCUT2D eigenvalue weighted by Crippen LogP contribution is -2.32. The van der Waals surface area contributed by atoms with Crippen molar-refractivity contribution < 1.29 is 0 Å². The molecule has 0 saturated carbocycles. The molecule has 0 spiro atoms. The molecule has 5 nitrogen and oxygen atoms in total. The van der Waals surface area contributed by atoms with Crippen LogP contribution in [0, 0.1) is 13.8 Å². The van der Waals surface area contributed by atoms with Gasteiger partial charge in [-0.25, -0.2) is 4.98 Å². The molecule has 0 amide bonds. The largest absolute Gasteiger partial charge is 0.354 e. The molecule has 2 rings (SSSR count). The first-order valence-electron chi connectivity index (χ1n) is 7.18. The first kappa shape index (κ1) is 14.2. The molecule has 1 aromatic heterocycles. The highest BCUT2D eigenvalue weighted by Gasteiger charge is 2.17. The minimum atomic E-state index is 0.780. The second-order valence-corrected chi connectivity index (χ2v) is 5.24. The van der Waals surface area contributed by atoms with Crippen molar-refractivity contribution in [1.29, 1.82) is 0 Å². The average molecular weight is 263 g/mol. The molecule has 106 valence electrons. The van der Waals surface area contributed by atoms with Crippen molar-refractivity contribution in [3.05, 3.63) is 17.6 Å². The van der Waals surface area contributed by atoms with Crippen LogP contribution in [0.3, 0.4) is 0 Å². The van der Waals surface area contributed by atoms with Crippen LogP contribution >= 0.6 is 0 Å². The maximum atomic E-state index is 5.58. The van der Waals surface area contributed by atoms with E-state index < -0.39 is 0 Å². The molecule has 0 aromatic carbocycles. The molecule has 0 atom stereocenters. The number of aryl methyl sites for hydroxylation is 2. The molecular weight excluding hydrogens is 238 g/mol. The van der Waals surface area contributed by atoms with Gasteiger partial charge in [-0.15, -0.1) is 0 Å². The molecule has 0 aliphatic carbocycles. The number of nitrogens with two attached hydrogens (primary N) is 1. The average Bonchev–Trinajstić information content (AvgIpc) is 2.64. The predicted molar refractivity (Wildman–Crippen MR) is 78.4 cm³/mol. The standard InChI is InChI=1S/C14H25N5/c1-12-11-16-13(2)14(17-12)19-8-4-7-18(9-10-19)6-3-5-15/h11H,3-10,15H2,1-2H3. The Hall–Kier alpha value is -1.20. The van der Waals surface area contributed by atoms with Gasteiger partial charge in [0.2, 0.25) is 0 Å². The third kappa shape index (κ3) is 3.88. The summed E-state index contributed by atoms with van der Waals surface area (Å²) in [6.07, 6.45) is 4.10. The van der Waals surface area contributed by atoms with Crippen molar-refractivity contribution in [3.8, 4) is 0 Å². The fourth-order valence-corrected chi connectivity index (χ4v) is 2.55. The number of hydrogen-bond donors (Lipinski definition) is 1. The first-order valence-corrected chi connectivity index (χ1v) is 7.18. The molecule has 0 unspecified atom stereocenters. The summed E-state index contributed by atoms with van der Waals surface area (Å²) >= 11 is 0. The minimum absolute atomic E-state index is 0.780. The normalized spacial score (nSPS) is 17.5. The number of hydrogen-bond acceptors (Lipinski definition) is 5. The molecule has 2 N–H and O–H groups in total. The van der Waals surface area contributed by atoms with E-state index in [2.05, 4.69) is 19.8 Å². The number of aromatic nitrogens is 2. The Bertz CT molecular complexity index is 407. The predicted octanol–water partition coefficient (Wildman–Crippen LogP) is 0.954.